The van der Waals surface area contributed by atoms with Crippen LogP contribution < -0.4 is 0 Å². The Morgan fingerprint density at radius 2 is 1.15 bits per heavy atom. The van der Waals surface area contributed by atoms with Gasteiger partial charge in [0.2, 0.25) is 0 Å². The Morgan fingerprint density at radius 3 is 1.76 bits per heavy atom. The third kappa shape index (κ3) is 8.40. The summed E-state index contributed by atoms with van der Waals surface area (Å²) in [6, 6.07) is 0. The molecule has 4 heterocycles. The summed E-state index contributed by atoms with van der Waals surface area (Å²) in [5, 5.41) is 131. The molecule has 0 bridgehead atoms. The van der Waals surface area contributed by atoms with Crippen LogP contribution in [0.2, 0.25) is 0 Å². The third-order valence-corrected chi connectivity index (χ3v) is 19.5. The highest BCUT2D eigenvalue weighted by Crippen LogP contribution is 2.76. The highest BCUT2D eigenvalue weighted by Gasteiger charge is 2.73. The maximum atomic E-state index is 12.5. The van der Waals surface area contributed by atoms with Crippen molar-refractivity contribution in [2.75, 3.05) is 13.2 Å². The Balaban J connectivity index is 1.06. The van der Waals surface area contributed by atoms with Gasteiger partial charge in [-0.25, -0.2) is 0 Å². The predicted octanol–water partition coefficient (Wildman–Crippen LogP) is -0.817. The molecule has 67 heavy (non-hydrogen) atoms. The first-order valence-electron chi connectivity index (χ1n) is 24.8. The lowest BCUT2D eigenvalue weighted by molar-refractivity contribution is -0.398. The lowest BCUT2D eigenvalue weighted by atomic mass is 9.35. The molecule has 4 aliphatic heterocycles. The van der Waals surface area contributed by atoms with Crippen molar-refractivity contribution in [2.45, 2.75) is 241 Å². The van der Waals surface area contributed by atoms with Crippen LogP contribution in [0.1, 0.15) is 114 Å². The summed E-state index contributed by atoms with van der Waals surface area (Å²) in [5.41, 5.74) is -3.18. The van der Waals surface area contributed by atoms with Crippen LogP contribution in [0.3, 0.4) is 0 Å². The lowest BCUT2D eigenvalue weighted by Gasteiger charge is -2.71. The Bertz CT molecular complexity index is 1730. The molecule has 4 saturated carbocycles. The summed E-state index contributed by atoms with van der Waals surface area (Å²) >= 11 is 0. The summed E-state index contributed by atoms with van der Waals surface area (Å²) in [7, 11) is 0. The largest absolute Gasteiger partial charge is 0.394 e. The minimum absolute atomic E-state index is 0.0181. The number of fused-ring (bicyclic) bond motifs is 5. The van der Waals surface area contributed by atoms with Crippen molar-refractivity contribution in [2.24, 2.45) is 45.3 Å². The summed E-state index contributed by atoms with van der Waals surface area (Å²) in [4.78, 5) is 0. The van der Waals surface area contributed by atoms with Gasteiger partial charge in [-0.3, -0.25) is 0 Å². The molecule has 0 aromatic heterocycles. The van der Waals surface area contributed by atoms with Gasteiger partial charge in [0.1, 0.15) is 73.2 Å². The first-order valence-corrected chi connectivity index (χ1v) is 24.8. The van der Waals surface area contributed by atoms with Crippen molar-refractivity contribution < 1.29 is 94.4 Å². The van der Waals surface area contributed by atoms with Crippen LogP contribution in [-0.4, -0.2) is 202 Å². The molecule has 0 aromatic carbocycles. The molecular formula is C48H82O19. The van der Waals surface area contributed by atoms with Crippen molar-refractivity contribution in [1.29, 1.82) is 0 Å². The maximum absolute atomic E-state index is 12.5. The number of aliphatic hydroxyl groups excluding tert-OH is 11. The summed E-state index contributed by atoms with van der Waals surface area (Å²) in [6.07, 6.45) is -21.0. The van der Waals surface area contributed by atoms with Crippen LogP contribution >= 0.6 is 0 Å². The second-order valence-electron chi connectivity index (χ2n) is 24.0. The van der Waals surface area contributed by atoms with Crippen molar-refractivity contribution in [1.82, 2.24) is 0 Å². The minimum atomic E-state index is -1.88. The van der Waals surface area contributed by atoms with Crippen LogP contribution in [0.4, 0.5) is 0 Å². The fraction of sp³-hybridized carbons (Fsp3) is 1.00. The van der Waals surface area contributed by atoms with Crippen LogP contribution in [-0.2, 0) is 33.2 Å². The summed E-state index contributed by atoms with van der Waals surface area (Å²) in [6.45, 7) is 16.7. The van der Waals surface area contributed by atoms with E-state index in [1.54, 1.807) is 13.8 Å². The van der Waals surface area contributed by atoms with Crippen LogP contribution in [0.5, 0.6) is 0 Å². The molecule has 8 fully saturated rings. The van der Waals surface area contributed by atoms with Gasteiger partial charge in [-0.2, -0.15) is 0 Å². The number of hydrogen-bond donors (Lipinski definition) is 12. The van der Waals surface area contributed by atoms with E-state index in [0.29, 0.717) is 25.7 Å². The fourth-order valence-electron chi connectivity index (χ4n) is 15.7. The van der Waals surface area contributed by atoms with E-state index < -0.39 is 146 Å². The molecule has 0 amide bonds. The molecule has 0 aromatic rings. The van der Waals surface area contributed by atoms with E-state index in [4.69, 9.17) is 33.2 Å². The van der Waals surface area contributed by atoms with Crippen molar-refractivity contribution in [3.63, 3.8) is 0 Å². The highest BCUT2D eigenvalue weighted by atomic mass is 16.8. The fourth-order valence-corrected chi connectivity index (χ4v) is 15.7. The maximum Gasteiger partial charge on any atom is 0.187 e. The zero-order chi connectivity index (χ0) is 49.3. The average molecular weight is 963 g/mol. The SMILES string of the molecule is C[C@@H]1O[C@@H](O[C@H]2[C@H](O[C@H]3CC[C@]4(C)[C@H]5C[C@@H](O)[C@@H]6[C@@H]([C@]7(C)C[C@H](O)[C@@H](C(C)(C)O)O7)CC[C@@]6(C)[C@]5(C)CC[C@H]4C3(C)C)O[C@H](CO)[C@@H](O)[C@@H]2O[C@@H]2O[C@H](CO)[C@@H](O)[C@H](O)[C@H]2O)[C@H](O)[C@H](O)[C@H]1O. The lowest BCUT2D eigenvalue weighted by Crippen LogP contribution is -2.68. The van der Waals surface area contributed by atoms with E-state index in [9.17, 15) is 61.3 Å². The second kappa shape index (κ2) is 18.3. The Morgan fingerprint density at radius 1 is 0.582 bits per heavy atom. The predicted molar refractivity (Wildman–Crippen MR) is 233 cm³/mol. The van der Waals surface area contributed by atoms with Crippen molar-refractivity contribution >= 4 is 0 Å². The number of rotatable bonds is 10. The van der Waals surface area contributed by atoms with Gasteiger partial charge in [0.05, 0.1) is 48.8 Å². The van der Waals surface area contributed by atoms with E-state index in [1.807, 2.05) is 6.92 Å². The first-order chi connectivity index (χ1) is 31.1. The van der Waals surface area contributed by atoms with Gasteiger partial charge in [0.25, 0.3) is 0 Å². The van der Waals surface area contributed by atoms with E-state index in [1.165, 1.54) is 6.92 Å². The monoisotopic (exact) mass is 963 g/mol. The standard InChI is InChI=1S/C48H82O19/c1-20-30(53)33(56)35(58)40(61-20)66-38-37(65-41-36(59)34(57)31(54)24(18-49)62-41)32(55)25(19-50)63-42(38)64-28-12-13-45(6)26(43(28,2)3)11-15-46(7)27(45)16-22(51)29-21(10-14-47(29,46)8)48(9)17-23(52)39(67-48)44(4,5)60/h20-42,49-60H,10-19H2,1-9H3/t20-,21-,22+,23-,24+,25+,26-,27+,28-,29-,30-,31+,32+,33+,34-,35+,36+,37-,38+,39-,40-,41-,42-,45-,46+,47+,48-/m0/s1. The van der Waals surface area contributed by atoms with E-state index >= 15 is 0 Å². The molecule has 4 saturated heterocycles. The summed E-state index contributed by atoms with van der Waals surface area (Å²) < 4.78 is 43.9. The molecule has 0 unspecified atom stereocenters. The Hall–Kier alpha value is -0.760. The number of aliphatic hydroxyl groups is 12. The number of ether oxygens (including phenoxy) is 7. The molecule has 388 valence electrons. The van der Waals surface area contributed by atoms with Gasteiger partial charge in [0, 0.05) is 6.42 Å². The van der Waals surface area contributed by atoms with Gasteiger partial charge < -0.3 is 94.4 Å². The molecule has 27 atom stereocenters. The van der Waals surface area contributed by atoms with Gasteiger partial charge in [-0.05, 0) is 118 Å². The normalized spacial score (nSPS) is 56.8. The van der Waals surface area contributed by atoms with Crippen LogP contribution in [0, 0.1) is 45.3 Å². The summed E-state index contributed by atoms with van der Waals surface area (Å²) in [5.74, 6) is 0.105. The van der Waals surface area contributed by atoms with Gasteiger partial charge in [-0.15, -0.1) is 0 Å². The topological polar surface area (TPSA) is 307 Å². The molecule has 12 N–H and O–H groups in total. The molecule has 8 aliphatic rings. The Labute approximate surface area is 393 Å². The molecule has 19 nitrogen and oxygen atoms in total. The Kier molecular flexibility index (Phi) is 14.4. The quantitative estimate of drug-likeness (QED) is 0.119. The highest BCUT2D eigenvalue weighted by molar-refractivity contribution is 5.21. The zero-order valence-electron chi connectivity index (χ0n) is 40.6. The zero-order valence-corrected chi connectivity index (χ0v) is 40.6. The molecule has 19 heteroatoms. The minimum Gasteiger partial charge on any atom is -0.394 e. The molecular weight excluding hydrogens is 881 g/mol. The molecule has 8 rings (SSSR count). The van der Waals surface area contributed by atoms with Crippen LogP contribution in [0.25, 0.3) is 0 Å². The average Bonchev–Trinajstić information content (AvgIpc) is 3.80. The van der Waals surface area contributed by atoms with E-state index in [0.717, 1.165) is 25.7 Å². The van der Waals surface area contributed by atoms with Gasteiger partial charge in [-0.1, -0.05) is 34.6 Å². The van der Waals surface area contributed by atoms with Gasteiger partial charge in [0.15, 0.2) is 18.9 Å². The number of hydrogen-bond acceptors (Lipinski definition) is 19. The van der Waals surface area contributed by atoms with E-state index in [-0.39, 0.29) is 39.9 Å². The van der Waals surface area contributed by atoms with Gasteiger partial charge >= 0.3 is 0 Å². The van der Waals surface area contributed by atoms with Crippen LogP contribution in [0.15, 0.2) is 0 Å². The molecule has 4 aliphatic carbocycles. The van der Waals surface area contributed by atoms with Crippen molar-refractivity contribution in [3.8, 4) is 0 Å². The third-order valence-electron chi connectivity index (χ3n) is 19.5. The second-order valence-corrected chi connectivity index (χ2v) is 24.0. The van der Waals surface area contributed by atoms with E-state index in [2.05, 4.69) is 34.6 Å². The molecule has 0 radical (unpaired) electrons. The molecule has 0 spiro atoms. The van der Waals surface area contributed by atoms with Crippen molar-refractivity contribution in [3.05, 3.63) is 0 Å². The first kappa shape index (κ1) is 52.6. The smallest absolute Gasteiger partial charge is 0.187 e.